The summed E-state index contributed by atoms with van der Waals surface area (Å²) in [4.78, 5) is 5.43. The van der Waals surface area contributed by atoms with Gasteiger partial charge >= 0.3 is 0 Å². The minimum Gasteiger partial charge on any atom is -0.309 e. The van der Waals surface area contributed by atoms with Gasteiger partial charge in [0.2, 0.25) is 5.78 Å². The molecule has 206 valence electrons. The molecule has 0 amide bonds. The van der Waals surface area contributed by atoms with E-state index in [0.717, 1.165) is 50.6 Å². The van der Waals surface area contributed by atoms with Crippen molar-refractivity contribution in [1.29, 1.82) is 0 Å². The van der Waals surface area contributed by atoms with Gasteiger partial charge in [-0.3, -0.25) is 13.5 Å². The fourth-order valence-electron chi connectivity index (χ4n) is 7.15. The third-order valence-electron chi connectivity index (χ3n) is 8.96. The first kappa shape index (κ1) is 23.5. The zero-order valence-electron chi connectivity index (χ0n) is 23.7. The van der Waals surface area contributed by atoms with E-state index in [1.165, 1.54) is 27.2 Å². The Hall–Kier alpha value is -6.07. The average molecular weight is 564 g/mol. The van der Waals surface area contributed by atoms with Crippen molar-refractivity contribution in [2.24, 2.45) is 0 Å². The molecule has 0 aliphatic heterocycles. The van der Waals surface area contributed by atoms with Crippen LogP contribution < -0.4 is 0 Å². The molecule has 5 nitrogen and oxygen atoms in total. The summed E-state index contributed by atoms with van der Waals surface area (Å²) < 4.78 is 9.30. The summed E-state index contributed by atoms with van der Waals surface area (Å²) in [6.07, 6.45) is 0. The van der Waals surface area contributed by atoms with Crippen molar-refractivity contribution < 1.29 is 0 Å². The molecule has 10 aromatic rings. The number of aromatic nitrogens is 5. The summed E-state index contributed by atoms with van der Waals surface area (Å²) in [5.41, 5.74) is 11.2. The molecule has 4 heterocycles. The summed E-state index contributed by atoms with van der Waals surface area (Å²) >= 11 is 0. The van der Waals surface area contributed by atoms with Crippen LogP contribution in [0.1, 0.15) is 0 Å². The maximum Gasteiger partial charge on any atom is 0.222 e. The minimum atomic E-state index is 0.897. The number of nitrogens with zero attached hydrogens (tertiary/aromatic N) is 5. The molecular formula is C39H25N5. The van der Waals surface area contributed by atoms with E-state index >= 15 is 0 Å². The summed E-state index contributed by atoms with van der Waals surface area (Å²) in [6, 6.07) is 53.9. The second-order valence-electron chi connectivity index (χ2n) is 11.3. The van der Waals surface area contributed by atoms with Crippen molar-refractivity contribution >= 4 is 60.7 Å². The highest BCUT2D eigenvalue weighted by Gasteiger charge is 2.24. The minimum absolute atomic E-state index is 0.897. The molecule has 10 rings (SSSR count). The highest BCUT2D eigenvalue weighted by molar-refractivity contribution is 6.11. The van der Waals surface area contributed by atoms with Crippen molar-refractivity contribution in [3.8, 4) is 17.1 Å². The lowest BCUT2D eigenvalue weighted by Crippen LogP contribution is -1.98. The first-order chi connectivity index (χ1) is 21.9. The second kappa shape index (κ2) is 8.72. The largest absolute Gasteiger partial charge is 0.309 e. The van der Waals surface area contributed by atoms with Gasteiger partial charge in [-0.05, 0) is 60.7 Å². The van der Waals surface area contributed by atoms with E-state index in [9.17, 15) is 0 Å². The van der Waals surface area contributed by atoms with Crippen molar-refractivity contribution in [3.05, 3.63) is 152 Å². The Bertz CT molecular complexity index is 2700. The number of benzene rings is 6. The molecular weight excluding hydrogens is 538 g/mol. The Morgan fingerprint density at radius 2 is 0.909 bits per heavy atom. The Balaban J connectivity index is 1.34. The van der Waals surface area contributed by atoms with Gasteiger partial charge in [0.15, 0.2) is 5.65 Å². The highest BCUT2D eigenvalue weighted by atomic mass is 15.2. The van der Waals surface area contributed by atoms with E-state index < -0.39 is 0 Å². The second-order valence-corrected chi connectivity index (χ2v) is 11.3. The smallest absolute Gasteiger partial charge is 0.222 e. The van der Waals surface area contributed by atoms with Gasteiger partial charge < -0.3 is 4.57 Å². The number of hydrogen-bond donors (Lipinski definition) is 0. The third kappa shape index (κ3) is 3.05. The van der Waals surface area contributed by atoms with E-state index in [1.807, 2.05) is 0 Å². The van der Waals surface area contributed by atoms with Crippen LogP contribution in [0.2, 0.25) is 0 Å². The van der Waals surface area contributed by atoms with Gasteiger partial charge in [0, 0.05) is 27.5 Å². The molecule has 0 N–H and O–H groups in total. The summed E-state index contributed by atoms with van der Waals surface area (Å²) in [5, 5.41) is 3.66. The summed E-state index contributed by atoms with van der Waals surface area (Å²) in [7, 11) is 0. The maximum absolute atomic E-state index is 5.43. The molecule has 0 radical (unpaired) electrons. The first-order valence-electron chi connectivity index (χ1n) is 14.9. The third-order valence-corrected chi connectivity index (χ3v) is 8.96. The fraction of sp³-hybridized carbons (Fsp3) is 0. The van der Waals surface area contributed by atoms with Gasteiger partial charge in [-0.25, -0.2) is 0 Å². The van der Waals surface area contributed by atoms with Crippen LogP contribution in [0.15, 0.2) is 152 Å². The lowest BCUT2D eigenvalue weighted by molar-refractivity contribution is 1.09. The number of imidazole rings is 2. The molecule has 4 aromatic heterocycles. The van der Waals surface area contributed by atoms with Crippen LogP contribution in [0.4, 0.5) is 0 Å². The molecule has 0 aliphatic rings. The monoisotopic (exact) mass is 563 g/mol. The Labute approximate surface area is 252 Å². The van der Waals surface area contributed by atoms with Crippen LogP contribution in [0, 0.1) is 0 Å². The van der Waals surface area contributed by atoms with E-state index in [2.05, 4.69) is 170 Å². The average Bonchev–Trinajstić information content (AvgIpc) is 3.80. The number of hydrogen-bond acceptors (Lipinski definition) is 1. The molecule has 0 fully saturated rings. The van der Waals surface area contributed by atoms with E-state index in [0.29, 0.717) is 0 Å². The molecule has 5 heteroatoms. The Morgan fingerprint density at radius 3 is 1.64 bits per heavy atom. The lowest BCUT2D eigenvalue weighted by atomic mass is 10.1. The van der Waals surface area contributed by atoms with Crippen LogP contribution in [-0.4, -0.2) is 23.1 Å². The molecule has 0 aliphatic carbocycles. The predicted molar refractivity (Wildman–Crippen MR) is 181 cm³/mol. The number of rotatable bonds is 3. The SMILES string of the molecule is c1ccc(-n2c3ccccc3c3ccc(-n4c5ccccc5n5c6c7ccccc7n(-c7ccccc7)c6nc45)cc32)cc1. The molecule has 0 atom stereocenters. The normalized spacial score (nSPS) is 12.1. The molecule has 44 heavy (non-hydrogen) atoms. The molecule has 0 unspecified atom stereocenters. The van der Waals surface area contributed by atoms with E-state index in [4.69, 9.17) is 4.98 Å². The number of fused-ring (bicyclic) bond motifs is 10. The van der Waals surface area contributed by atoms with Crippen molar-refractivity contribution in [1.82, 2.24) is 23.1 Å². The zero-order valence-corrected chi connectivity index (χ0v) is 23.7. The first-order valence-corrected chi connectivity index (χ1v) is 14.9. The standard InChI is InChI=1S/C39H25N5/c1-3-13-26(14-4-1)41-32-19-9-7-17-29(32)30-24-23-28(25-36(30)41)43-34-21-11-12-22-35(34)44-37-31-18-8-10-20-33(31)42(38(37)40-39(43)44)27-15-5-2-6-16-27/h1-25H. The number of para-hydroxylation sites is 6. The van der Waals surface area contributed by atoms with Gasteiger partial charge in [-0.1, -0.05) is 91.0 Å². The van der Waals surface area contributed by atoms with Gasteiger partial charge in [0.25, 0.3) is 0 Å². The lowest BCUT2D eigenvalue weighted by Gasteiger charge is -2.10. The molecule has 0 saturated carbocycles. The molecule has 0 bridgehead atoms. The Kier molecular flexibility index (Phi) is 4.66. The van der Waals surface area contributed by atoms with Gasteiger partial charge in [0.1, 0.15) is 5.52 Å². The van der Waals surface area contributed by atoms with Crippen LogP contribution in [0.3, 0.4) is 0 Å². The molecule has 6 aromatic carbocycles. The van der Waals surface area contributed by atoms with Crippen LogP contribution in [0.25, 0.3) is 77.7 Å². The van der Waals surface area contributed by atoms with Crippen molar-refractivity contribution in [2.45, 2.75) is 0 Å². The van der Waals surface area contributed by atoms with Crippen LogP contribution in [0.5, 0.6) is 0 Å². The summed E-state index contributed by atoms with van der Waals surface area (Å²) in [5.74, 6) is 0.897. The fourth-order valence-corrected chi connectivity index (χ4v) is 7.15. The zero-order chi connectivity index (χ0) is 28.8. The van der Waals surface area contributed by atoms with Gasteiger partial charge in [0.05, 0.1) is 33.3 Å². The predicted octanol–water partition coefficient (Wildman–Crippen LogP) is 9.47. The van der Waals surface area contributed by atoms with E-state index in [-0.39, 0.29) is 0 Å². The van der Waals surface area contributed by atoms with E-state index in [1.54, 1.807) is 0 Å². The van der Waals surface area contributed by atoms with Crippen LogP contribution >= 0.6 is 0 Å². The van der Waals surface area contributed by atoms with Crippen molar-refractivity contribution in [3.63, 3.8) is 0 Å². The highest BCUT2D eigenvalue weighted by Crippen LogP contribution is 2.38. The topological polar surface area (TPSA) is 32.1 Å². The van der Waals surface area contributed by atoms with Gasteiger partial charge in [-0.2, -0.15) is 4.98 Å². The molecule has 0 spiro atoms. The van der Waals surface area contributed by atoms with Crippen LogP contribution in [-0.2, 0) is 0 Å². The quantitative estimate of drug-likeness (QED) is 0.211. The maximum atomic E-state index is 5.43. The molecule has 0 saturated heterocycles. The van der Waals surface area contributed by atoms with Crippen molar-refractivity contribution in [2.75, 3.05) is 0 Å². The summed E-state index contributed by atoms with van der Waals surface area (Å²) in [6.45, 7) is 0. The Morgan fingerprint density at radius 1 is 0.364 bits per heavy atom. The van der Waals surface area contributed by atoms with Gasteiger partial charge in [-0.15, -0.1) is 0 Å².